The van der Waals surface area contributed by atoms with Gasteiger partial charge < -0.3 is 10.2 Å². The molecular formula is C21H24N2O2. The van der Waals surface area contributed by atoms with E-state index in [-0.39, 0.29) is 11.8 Å². The van der Waals surface area contributed by atoms with E-state index in [4.69, 9.17) is 0 Å². The Morgan fingerprint density at radius 3 is 2.44 bits per heavy atom. The fourth-order valence-electron chi connectivity index (χ4n) is 3.24. The molecule has 0 aromatic heterocycles. The van der Waals surface area contributed by atoms with Gasteiger partial charge in [-0.25, -0.2) is 0 Å². The zero-order valence-corrected chi connectivity index (χ0v) is 14.8. The van der Waals surface area contributed by atoms with Crippen molar-refractivity contribution in [3.63, 3.8) is 0 Å². The SMILES string of the molecule is Cc1ccc(CN2C(=O)CC[C@@]2(C)C(=O)NCc2ccccc2)cc1. The first kappa shape index (κ1) is 17.2. The molecule has 0 spiro atoms. The number of aryl methyl sites for hydroxylation is 1. The summed E-state index contributed by atoms with van der Waals surface area (Å²) in [5, 5.41) is 2.99. The Labute approximate surface area is 148 Å². The number of carbonyl (C=O) groups is 2. The number of nitrogens with one attached hydrogen (secondary N) is 1. The minimum Gasteiger partial charge on any atom is -0.350 e. The summed E-state index contributed by atoms with van der Waals surface area (Å²) in [6, 6.07) is 17.9. The lowest BCUT2D eigenvalue weighted by molar-refractivity contribution is -0.141. The third-order valence-corrected chi connectivity index (χ3v) is 4.97. The van der Waals surface area contributed by atoms with Crippen molar-refractivity contribution in [2.45, 2.75) is 45.3 Å². The van der Waals surface area contributed by atoms with Crippen molar-refractivity contribution in [3.8, 4) is 0 Å². The number of benzene rings is 2. The molecule has 4 nitrogen and oxygen atoms in total. The first-order chi connectivity index (χ1) is 12.0. The summed E-state index contributed by atoms with van der Waals surface area (Å²) in [5.74, 6) is -0.0488. The molecule has 0 bridgehead atoms. The van der Waals surface area contributed by atoms with E-state index in [1.165, 1.54) is 5.56 Å². The summed E-state index contributed by atoms with van der Waals surface area (Å²) < 4.78 is 0. The van der Waals surface area contributed by atoms with Gasteiger partial charge in [-0.15, -0.1) is 0 Å². The number of rotatable bonds is 5. The lowest BCUT2D eigenvalue weighted by atomic mass is 9.96. The fourth-order valence-corrected chi connectivity index (χ4v) is 3.24. The van der Waals surface area contributed by atoms with E-state index in [0.29, 0.717) is 25.9 Å². The van der Waals surface area contributed by atoms with Crippen LogP contribution in [0, 0.1) is 6.92 Å². The van der Waals surface area contributed by atoms with Crippen molar-refractivity contribution in [1.29, 1.82) is 0 Å². The molecular weight excluding hydrogens is 312 g/mol. The largest absolute Gasteiger partial charge is 0.350 e. The summed E-state index contributed by atoms with van der Waals surface area (Å²) in [7, 11) is 0. The standard InChI is InChI=1S/C21H24N2O2/c1-16-8-10-18(11-9-16)15-23-19(24)12-13-21(23,2)20(25)22-14-17-6-4-3-5-7-17/h3-11H,12-15H2,1-2H3,(H,22,25)/t21-/m0/s1. The van der Waals surface area contributed by atoms with Crippen LogP contribution in [0.5, 0.6) is 0 Å². The highest BCUT2D eigenvalue weighted by Crippen LogP contribution is 2.32. The van der Waals surface area contributed by atoms with E-state index in [9.17, 15) is 9.59 Å². The van der Waals surface area contributed by atoms with Gasteiger partial charge in [0, 0.05) is 19.5 Å². The molecule has 0 saturated carbocycles. The molecule has 2 aromatic carbocycles. The molecule has 1 saturated heterocycles. The van der Waals surface area contributed by atoms with Crippen molar-refractivity contribution < 1.29 is 9.59 Å². The summed E-state index contributed by atoms with van der Waals surface area (Å²) in [6.45, 7) is 4.84. The van der Waals surface area contributed by atoms with Gasteiger partial charge in [-0.2, -0.15) is 0 Å². The van der Waals surface area contributed by atoms with Crippen LogP contribution in [0.1, 0.15) is 36.5 Å². The van der Waals surface area contributed by atoms with Crippen LogP contribution in [0.25, 0.3) is 0 Å². The van der Waals surface area contributed by atoms with Gasteiger partial charge in [-0.05, 0) is 31.4 Å². The van der Waals surface area contributed by atoms with Crippen LogP contribution in [-0.4, -0.2) is 22.3 Å². The summed E-state index contributed by atoms with van der Waals surface area (Å²) in [5.41, 5.74) is 2.48. The first-order valence-corrected chi connectivity index (χ1v) is 8.67. The Kier molecular flexibility index (Phi) is 4.88. The topological polar surface area (TPSA) is 49.4 Å². The number of nitrogens with zero attached hydrogens (tertiary/aromatic N) is 1. The normalized spacial score (nSPS) is 19.9. The van der Waals surface area contributed by atoms with Crippen molar-refractivity contribution >= 4 is 11.8 Å². The highest BCUT2D eigenvalue weighted by atomic mass is 16.2. The molecule has 1 aliphatic heterocycles. The van der Waals surface area contributed by atoms with Gasteiger partial charge in [0.2, 0.25) is 11.8 Å². The maximum absolute atomic E-state index is 12.8. The smallest absolute Gasteiger partial charge is 0.245 e. The zero-order valence-electron chi connectivity index (χ0n) is 14.8. The quantitative estimate of drug-likeness (QED) is 0.911. The average Bonchev–Trinajstić information content (AvgIpc) is 2.92. The van der Waals surface area contributed by atoms with Crippen LogP contribution in [0.3, 0.4) is 0 Å². The van der Waals surface area contributed by atoms with E-state index in [2.05, 4.69) is 5.32 Å². The first-order valence-electron chi connectivity index (χ1n) is 8.67. The number of amides is 2. The predicted molar refractivity (Wildman–Crippen MR) is 97.7 cm³/mol. The van der Waals surface area contributed by atoms with Crippen LogP contribution >= 0.6 is 0 Å². The Bertz CT molecular complexity index is 755. The van der Waals surface area contributed by atoms with Crippen LogP contribution < -0.4 is 5.32 Å². The van der Waals surface area contributed by atoms with E-state index < -0.39 is 5.54 Å². The fraction of sp³-hybridized carbons (Fsp3) is 0.333. The number of hydrogen-bond donors (Lipinski definition) is 1. The minimum atomic E-state index is -0.795. The van der Waals surface area contributed by atoms with Crippen LogP contribution in [0.2, 0.25) is 0 Å². The lowest BCUT2D eigenvalue weighted by Crippen LogP contribution is -2.53. The summed E-state index contributed by atoms with van der Waals surface area (Å²) in [6.07, 6.45) is 0.972. The molecule has 1 aliphatic rings. The van der Waals surface area contributed by atoms with Crippen molar-refractivity contribution in [2.75, 3.05) is 0 Å². The van der Waals surface area contributed by atoms with Crippen LogP contribution in [0.4, 0.5) is 0 Å². The number of likely N-dealkylation sites (tertiary alicyclic amines) is 1. The lowest BCUT2D eigenvalue weighted by Gasteiger charge is -2.34. The molecule has 2 aromatic rings. The van der Waals surface area contributed by atoms with E-state index in [1.807, 2.05) is 68.4 Å². The molecule has 1 N–H and O–H groups in total. The van der Waals surface area contributed by atoms with Crippen molar-refractivity contribution in [1.82, 2.24) is 10.2 Å². The third kappa shape index (κ3) is 3.73. The molecule has 4 heteroatoms. The molecule has 1 heterocycles. The predicted octanol–water partition coefficient (Wildman–Crippen LogP) is 3.19. The molecule has 0 unspecified atom stereocenters. The molecule has 1 atom stereocenters. The second-order valence-electron chi connectivity index (χ2n) is 6.91. The summed E-state index contributed by atoms with van der Waals surface area (Å²) in [4.78, 5) is 26.9. The highest BCUT2D eigenvalue weighted by molar-refractivity contribution is 5.94. The molecule has 0 radical (unpaired) electrons. The molecule has 1 fully saturated rings. The van der Waals surface area contributed by atoms with Crippen molar-refractivity contribution in [2.24, 2.45) is 0 Å². The monoisotopic (exact) mass is 336 g/mol. The maximum Gasteiger partial charge on any atom is 0.245 e. The third-order valence-electron chi connectivity index (χ3n) is 4.97. The number of hydrogen-bond acceptors (Lipinski definition) is 2. The van der Waals surface area contributed by atoms with Gasteiger partial charge in [0.05, 0.1) is 0 Å². The molecule has 0 aliphatic carbocycles. The van der Waals surface area contributed by atoms with Crippen molar-refractivity contribution in [3.05, 3.63) is 71.3 Å². The average molecular weight is 336 g/mol. The van der Waals surface area contributed by atoms with Crippen LogP contribution in [-0.2, 0) is 22.7 Å². The van der Waals surface area contributed by atoms with E-state index >= 15 is 0 Å². The molecule has 3 rings (SSSR count). The maximum atomic E-state index is 12.8. The van der Waals surface area contributed by atoms with Gasteiger partial charge in [0.15, 0.2) is 0 Å². The summed E-state index contributed by atoms with van der Waals surface area (Å²) >= 11 is 0. The van der Waals surface area contributed by atoms with Gasteiger partial charge in [-0.3, -0.25) is 9.59 Å². The second kappa shape index (κ2) is 7.09. The highest BCUT2D eigenvalue weighted by Gasteiger charge is 2.46. The number of carbonyl (C=O) groups excluding carboxylic acids is 2. The van der Waals surface area contributed by atoms with Gasteiger partial charge >= 0.3 is 0 Å². The van der Waals surface area contributed by atoms with Crippen LogP contribution in [0.15, 0.2) is 54.6 Å². The van der Waals surface area contributed by atoms with Gasteiger partial charge in [0.25, 0.3) is 0 Å². The Balaban J connectivity index is 1.71. The molecule has 2 amide bonds. The minimum absolute atomic E-state index is 0.0398. The van der Waals surface area contributed by atoms with E-state index in [0.717, 1.165) is 11.1 Å². The Morgan fingerprint density at radius 2 is 1.76 bits per heavy atom. The zero-order chi connectivity index (χ0) is 17.9. The molecule has 130 valence electrons. The molecule has 25 heavy (non-hydrogen) atoms. The van der Waals surface area contributed by atoms with Gasteiger partial charge in [-0.1, -0.05) is 60.2 Å². The second-order valence-corrected chi connectivity index (χ2v) is 6.91. The van der Waals surface area contributed by atoms with E-state index in [1.54, 1.807) is 4.90 Å². The Hall–Kier alpha value is -2.62. The Morgan fingerprint density at radius 1 is 1.08 bits per heavy atom. The van der Waals surface area contributed by atoms with Gasteiger partial charge in [0.1, 0.15) is 5.54 Å².